The Bertz CT molecular complexity index is 1070. The van der Waals surface area contributed by atoms with Gasteiger partial charge in [0.25, 0.3) is 0 Å². The van der Waals surface area contributed by atoms with Crippen molar-refractivity contribution in [2.45, 2.75) is 40.7 Å². The Morgan fingerprint density at radius 1 is 1.00 bits per heavy atom. The van der Waals surface area contributed by atoms with Crippen LogP contribution in [0.5, 0.6) is 17.4 Å². The van der Waals surface area contributed by atoms with Crippen LogP contribution >= 0.6 is 0 Å². The van der Waals surface area contributed by atoms with Gasteiger partial charge in [-0.1, -0.05) is 34.9 Å². The number of aliphatic hydroxyl groups is 1. The van der Waals surface area contributed by atoms with Gasteiger partial charge in [0, 0.05) is 17.3 Å². The predicted octanol–water partition coefficient (Wildman–Crippen LogP) is -5.69. The highest BCUT2D eigenvalue weighted by Crippen LogP contribution is 2.40. The topological polar surface area (TPSA) is 90.3 Å². The molecular weight excluding hydrogens is 461 g/mol. The highest BCUT2D eigenvalue weighted by molar-refractivity contribution is 6.62. The standard InChI is InChI=1S/C22H37B8NO6/c1-2-15-16(32)9-17(36-11-14-10-34-7-8-35-14)31-18(15)20(25,26)19(23,24)12-3-5-13(6-4-12)37-22(30,33)21(27,28)29/h3-6,9,14,33H,2,7-8,10-11,23-30H2,1H3,(H,31,32). The third-order valence-corrected chi connectivity index (χ3v) is 8.17. The number of hydrogen-bond donors (Lipinski definition) is 2. The number of hydrogen-bond acceptors (Lipinski definition) is 7. The smallest absolute Gasteiger partial charge is 0.217 e. The molecule has 1 aliphatic rings. The Morgan fingerprint density at radius 3 is 2.19 bits per heavy atom. The van der Waals surface area contributed by atoms with Gasteiger partial charge in [-0.15, -0.1) is 0 Å². The Balaban J connectivity index is 1.89. The summed E-state index contributed by atoms with van der Waals surface area (Å²) in [7, 11) is 16.1. The minimum Gasteiger partial charge on any atom is -0.507 e. The lowest BCUT2D eigenvalue weighted by molar-refractivity contribution is -0.102. The van der Waals surface area contributed by atoms with E-state index in [1.54, 1.807) is 13.9 Å². The van der Waals surface area contributed by atoms with E-state index in [1.807, 2.05) is 54.7 Å². The molecule has 15 heteroatoms. The van der Waals surface area contributed by atoms with Crippen molar-refractivity contribution in [2.24, 2.45) is 0 Å². The molecule has 2 unspecified atom stereocenters. The Morgan fingerprint density at radius 2 is 1.65 bits per heavy atom. The highest BCUT2D eigenvalue weighted by atomic mass is 16.6. The van der Waals surface area contributed by atoms with Crippen molar-refractivity contribution in [2.75, 3.05) is 26.4 Å². The van der Waals surface area contributed by atoms with Crippen LogP contribution < -0.4 is 9.47 Å². The molecule has 1 aromatic carbocycles. The Labute approximate surface area is 228 Å². The average molecular weight is 498 g/mol. The monoisotopic (exact) mass is 499 g/mol. The van der Waals surface area contributed by atoms with E-state index < -0.39 is 16.0 Å². The van der Waals surface area contributed by atoms with Crippen LogP contribution in [-0.2, 0) is 26.3 Å². The maximum Gasteiger partial charge on any atom is 0.217 e. The minimum atomic E-state index is -1.31. The zero-order chi connectivity index (χ0) is 27.6. The second-order valence-electron chi connectivity index (χ2n) is 12.1. The number of nitrogens with zero attached hydrogens (tertiary/aromatic N) is 1. The second kappa shape index (κ2) is 11.1. The van der Waals surface area contributed by atoms with Crippen LogP contribution in [0, 0.1) is 0 Å². The second-order valence-corrected chi connectivity index (χ2v) is 12.1. The summed E-state index contributed by atoms with van der Waals surface area (Å²) >= 11 is 0. The first-order valence-electron chi connectivity index (χ1n) is 13.2. The van der Waals surface area contributed by atoms with Crippen LogP contribution in [0.3, 0.4) is 0 Å². The van der Waals surface area contributed by atoms with E-state index in [0.717, 1.165) is 16.8 Å². The van der Waals surface area contributed by atoms with E-state index in [1.165, 1.54) is 0 Å². The summed E-state index contributed by atoms with van der Waals surface area (Å²) in [5.41, 5.74) is 1.38. The molecule has 1 aromatic heterocycles. The maximum absolute atomic E-state index is 10.9. The van der Waals surface area contributed by atoms with E-state index in [4.69, 9.17) is 23.9 Å². The number of rotatable bonds is 10. The summed E-state index contributed by atoms with van der Waals surface area (Å²) < 4.78 is 23.0. The van der Waals surface area contributed by atoms with E-state index in [0.29, 0.717) is 44.5 Å². The van der Waals surface area contributed by atoms with Crippen LogP contribution in [-0.4, -0.2) is 116 Å². The third kappa shape index (κ3) is 6.43. The molecule has 2 aromatic rings. The molecule has 1 fully saturated rings. The quantitative estimate of drug-likeness (QED) is 0.250. The van der Waals surface area contributed by atoms with E-state index in [9.17, 15) is 10.2 Å². The summed E-state index contributed by atoms with van der Waals surface area (Å²) in [6.07, 6.45) is 0.485. The predicted molar refractivity (Wildman–Crippen MR) is 168 cm³/mol. The zero-order valence-electron chi connectivity index (χ0n) is 24.0. The number of benzene rings is 1. The summed E-state index contributed by atoms with van der Waals surface area (Å²) in [6.45, 7) is 3.95. The number of pyridine rings is 1. The molecule has 7 nitrogen and oxygen atoms in total. The van der Waals surface area contributed by atoms with Crippen LogP contribution in [0.1, 0.15) is 23.7 Å². The van der Waals surface area contributed by atoms with Gasteiger partial charge in [0.1, 0.15) is 61.3 Å². The number of aromatic nitrogens is 1. The highest BCUT2D eigenvalue weighted by Gasteiger charge is 2.42. The first-order valence-corrected chi connectivity index (χ1v) is 13.2. The lowest BCUT2D eigenvalue weighted by Crippen LogP contribution is -2.52. The van der Waals surface area contributed by atoms with Gasteiger partial charge in [0.15, 0.2) is 7.85 Å². The van der Waals surface area contributed by atoms with Gasteiger partial charge >= 0.3 is 0 Å². The van der Waals surface area contributed by atoms with Gasteiger partial charge in [-0.3, -0.25) is 0 Å². The molecule has 0 saturated carbocycles. The molecule has 2 N–H and O–H groups in total. The van der Waals surface area contributed by atoms with Crippen LogP contribution in [0.2, 0.25) is 5.11 Å². The maximum atomic E-state index is 10.9. The van der Waals surface area contributed by atoms with Gasteiger partial charge in [-0.25, -0.2) is 4.98 Å². The molecule has 37 heavy (non-hydrogen) atoms. The van der Waals surface area contributed by atoms with Crippen molar-refractivity contribution in [1.29, 1.82) is 0 Å². The van der Waals surface area contributed by atoms with Gasteiger partial charge in [0.05, 0.1) is 43.4 Å². The fraction of sp³-hybridized carbons (Fsp3) is 0.500. The lowest BCUT2D eigenvalue weighted by Gasteiger charge is -2.44. The summed E-state index contributed by atoms with van der Waals surface area (Å²) in [4.78, 5) is 4.91. The first-order chi connectivity index (χ1) is 17.1. The SMILES string of the molecule is BC(B)(B)C(B)(O)Oc1ccc(C(B)(B)C(B)(B)c2nc(OCC3COCCO3)cc(O)c2CC)cc1. The molecule has 2 atom stereocenters. The molecule has 1 saturated heterocycles. The lowest BCUT2D eigenvalue weighted by atomic mass is 9.27. The molecule has 0 aliphatic carbocycles. The largest absolute Gasteiger partial charge is 0.507 e. The number of aromatic hydroxyl groups is 1. The van der Waals surface area contributed by atoms with Gasteiger partial charge < -0.3 is 29.2 Å². The molecule has 0 bridgehead atoms. The summed E-state index contributed by atoms with van der Waals surface area (Å²) in [6, 6.07) is 9.43. The Hall–Kier alpha value is -1.83. The molecular formula is C22H37B8NO6. The fourth-order valence-corrected chi connectivity index (χ4v) is 4.27. The zero-order valence-corrected chi connectivity index (χ0v) is 24.0. The molecule has 0 radical (unpaired) electrons. The summed E-state index contributed by atoms with van der Waals surface area (Å²) in [5.74, 6) is 1.16. The van der Waals surface area contributed by atoms with Gasteiger partial charge in [-0.2, -0.15) is 0 Å². The molecule has 1 aliphatic heterocycles. The van der Waals surface area contributed by atoms with Crippen LogP contribution in [0.25, 0.3) is 0 Å². The van der Waals surface area contributed by atoms with Crippen molar-refractivity contribution in [1.82, 2.24) is 4.98 Å². The van der Waals surface area contributed by atoms with Crippen LogP contribution in [0.4, 0.5) is 0 Å². The first kappa shape index (κ1) is 29.7. The average Bonchev–Trinajstić information content (AvgIpc) is 2.82. The molecule has 0 amide bonds. The van der Waals surface area contributed by atoms with Crippen molar-refractivity contribution in [3.05, 3.63) is 47.2 Å². The third-order valence-electron chi connectivity index (χ3n) is 8.17. The Kier molecular flexibility index (Phi) is 8.92. The minimum absolute atomic E-state index is 0.156. The van der Waals surface area contributed by atoms with E-state index in [-0.39, 0.29) is 17.1 Å². The molecule has 2 heterocycles. The van der Waals surface area contributed by atoms with Crippen LogP contribution in [0.15, 0.2) is 30.3 Å². The number of ether oxygens (including phenoxy) is 4. The van der Waals surface area contributed by atoms with Crippen molar-refractivity contribution in [3.63, 3.8) is 0 Å². The van der Waals surface area contributed by atoms with Crippen molar-refractivity contribution in [3.8, 4) is 17.4 Å². The van der Waals surface area contributed by atoms with Crippen molar-refractivity contribution >= 4 is 62.8 Å². The normalized spacial score (nSPS) is 18.6. The molecule has 0 spiro atoms. The van der Waals surface area contributed by atoms with Gasteiger partial charge in [0.2, 0.25) is 5.88 Å². The molecule has 190 valence electrons. The summed E-state index contributed by atoms with van der Waals surface area (Å²) in [5, 5.41) is 20.4. The van der Waals surface area contributed by atoms with Gasteiger partial charge in [-0.05, 0) is 23.8 Å². The van der Waals surface area contributed by atoms with E-state index in [2.05, 4.69) is 31.4 Å². The molecule has 3 rings (SSSR count). The van der Waals surface area contributed by atoms with Crippen molar-refractivity contribution < 1.29 is 29.2 Å². The van der Waals surface area contributed by atoms with E-state index >= 15 is 0 Å². The fourth-order valence-electron chi connectivity index (χ4n) is 4.27.